The number of halogens is 3. The van der Waals surface area contributed by atoms with Gasteiger partial charge in [-0.05, 0) is 42.5 Å². The minimum absolute atomic E-state index is 0.0816. The molecule has 0 aliphatic heterocycles. The van der Waals surface area contributed by atoms with Crippen LogP contribution in [-0.2, 0) is 0 Å². The number of nitrogens with zero attached hydrogens (tertiary/aromatic N) is 1. The number of fused-ring (bicyclic) bond motifs is 1. The molecule has 4 aromatic carbocycles. The third kappa shape index (κ3) is 5.40. The second-order valence-electron chi connectivity index (χ2n) is 8.49. The van der Waals surface area contributed by atoms with Gasteiger partial charge in [0.15, 0.2) is 0 Å². The van der Waals surface area contributed by atoms with Crippen LogP contribution in [0.4, 0.5) is 4.39 Å². The number of aromatic amines is 1. The summed E-state index contributed by atoms with van der Waals surface area (Å²) in [6.45, 7) is 0. The van der Waals surface area contributed by atoms with Crippen molar-refractivity contribution in [2.75, 3.05) is 7.11 Å². The smallest absolute Gasteiger partial charge is 0.347 e. The Morgan fingerprint density at radius 1 is 0.950 bits per heavy atom. The van der Waals surface area contributed by atoms with E-state index in [1.54, 1.807) is 72.8 Å². The fraction of sp³-hybridized carbons (Fsp3) is 0.0333. The summed E-state index contributed by atoms with van der Waals surface area (Å²) in [6, 6.07) is 22.8. The van der Waals surface area contributed by atoms with Gasteiger partial charge in [0.25, 0.3) is 5.91 Å². The van der Waals surface area contributed by atoms with Gasteiger partial charge in [-0.2, -0.15) is 5.10 Å². The van der Waals surface area contributed by atoms with Crippen LogP contribution in [0, 0.1) is 5.82 Å². The van der Waals surface area contributed by atoms with Crippen LogP contribution in [0.1, 0.15) is 26.4 Å². The molecular weight excluding hydrogens is 556 g/mol. The van der Waals surface area contributed by atoms with E-state index >= 15 is 0 Å². The lowest BCUT2D eigenvalue weighted by atomic mass is 10.0. The number of ether oxygens (including phenoxy) is 2. The highest BCUT2D eigenvalue weighted by atomic mass is 35.5. The molecule has 1 amide bonds. The average molecular weight is 576 g/mol. The number of amides is 1. The number of hydrazone groups is 1. The van der Waals surface area contributed by atoms with Gasteiger partial charge in [0, 0.05) is 32.1 Å². The van der Waals surface area contributed by atoms with E-state index in [1.165, 1.54) is 25.5 Å². The van der Waals surface area contributed by atoms with Gasteiger partial charge in [-0.15, -0.1) is 0 Å². The Labute approximate surface area is 238 Å². The number of methoxy groups -OCH3 is 1. The van der Waals surface area contributed by atoms with Crippen LogP contribution in [0.25, 0.3) is 22.0 Å². The maximum atomic E-state index is 14.6. The zero-order valence-corrected chi connectivity index (χ0v) is 22.4. The lowest BCUT2D eigenvalue weighted by Crippen LogP contribution is -2.19. The van der Waals surface area contributed by atoms with Gasteiger partial charge in [0.2, 0.25) is 0 Å². The molecule has 0 fully saturated rings. The van der Waals surface area contributed by atoms with Crippen molar-refractivity contribution in [3.63, 3.8) is 0 Å². The Balaban J connectivity index is 1.42. The number of aromatic nitrogens is 1. The SMILES string of the molecule is COc1ccc(Cl)cc1C(=O)Oc1ccccc1C=NNC(=O)c1[nH]c2c(F)cccc2c1-c1ccccc1Cl. The Kier molecular flexibility index (Phi) is 7.82. The van der Waals surface area contributed by atoms with E-state index in [-0.39, 0.29) is 22.5 Å². The summed E-state index contributed by atoms with van der Waals surface area (Å²) in [4.78, 5) is 29.0. The summed E-state index contributed by atoms with van der Waals surface area (Å²) in [6.07, 6.45) is 1.33. The van der Waals surface area contributed by atoms with E-state index < -0.39 is 17.7 Å². The molecule has 0 saturated heterocycles. The van der Waals surface area contributed by atoms with Crippen LogP contribution in [0.2, 0.25) is 10.0 Å². The topological polar surface area (TPSA) is 92.8 Å². The van der Waals surface area contributed by atoms with Crippen LogP contribution in [0.15, 0.2) is 90.0 Å². The molecule has 200 valence electrons. The van der Waals surface area contributed by atoms with Crippen molar-refractivity contribution in [3.05, 3.63) is 118 Å². The van der Waals surface area contributed by atoms with Crippen molar-refractivity contribution in [3.8, 4) is 22.6 Å². The standard InChI is InChI=1S/C30H20Cl2FN3O4/c1-39-25-14-13-18(31)15-21(25)30(38)40-24-12-5-2-7-17(24)16-34-36-29(37)28-26(19-8-3-4-10-22(19)32)20-9-6-11-23(33)27(20)35-28/h2-16,35H,1H3,(H,36,37). The molecule has 0 bridgehead atoms. The van der Waals surface area contributed by atoms with Crippen molar-refractivity contribution in [1.82, 2.24) is 10.4 Å². The molecule has 10 heteroatoms. The summed E-state index contributed by atoms with van der Waals surface area (Å²) in [5.41, 5.74) is 4.26. The maximum Gasteiger partial charge on any atom is 0.347 e. The molecule has 1 aromatic heterocycles. The molecule has 0 atom stereocenters. The van der Waals surface area contributed by atoms with E-state index in [1.807, 2.05) is 0 Å². The number of benzene rings is 4. The lowest BCUT2D eigenvalue weighted by Gasteiger charge is -2.10. The molecule has 0 aliphatic rings. The van der Waals surface area contributed by atoms with Crippen molar-refractivity contribution in [2.45, 2.75) is 0 Å². The van der Waals surface area contributed by atoms with Crippen LogP contribution in [0.3, 0.4) is 0 Å². The van der Waals surface area contributed by atoms with Crippen LogP contribution in [0.5, 0.6) is 11.5 Å². The first-order valence-corrected chi connectivity index (χ1v) is 12.7. The average Bonchev–Trinajstić information content (AvgIpc) is 3.35. The van der Waals surface area contributed by atoms with Gasteiger partial charge in [-0.25, -0.2) is 14.6 Å². The highest BCUT2D eigenvalue weighted by Crippen LogP contribution is 2.37. The Bertz CT molecular complexity index is 1780. The number of H-pyrrole nitrogens is 1. The predicted molar refractivity (Wildman–Crippen MR) is 153 cm³/mol. The molecule has 2 N–H and O–H groups in total. The fourth-order valence-electron chi connectivity index (χ4n) is 4.19. The third-order valence-electron chi connectivity index (χ3n) is 6.03. The first-order valence-electron chi connectivity index (χ1n) is 11.9. The Morgan fingerprint density at radius 3 is 2.52 bits per heavy atom. The predicted octanol–water partition coefficient (Wildman–Crippen LogP) is 7.27. The minimum Gasteiger partial charge on any atom is -0.496 e. The second-order valence-corrected chi connectivity index (χ2v) is 9.33. The van der Waals surface area contributed by atoms with E-state index in [9.17, 15) is 14.0 Å². The number of para-hydroxylation sites is 2. The molecular formula is C30H20Cl2FN3O4. The molecule has 0 saturated carbocycles. The molecule has 40 heavy (non-hydrogen) atoms. The summed E-state index contributed by atoms with van der Waals surface area (Å²) in [5.74, 6) is -1.33. The molecule has 0 aliphatic carbocycles. The van der Waals surface area contributed by atoms with Crippen LogP contribution < -0.4 is 14.9 Å². The largest absolute Gasteiger partial charge is 0.496 e. The van der Waals surface area contributed by atoms with Gasteiger partial charge < -0.3 is 14.5 Å². The number of hydrogen-bond donors (Lipinski definition) is 2. The lowest BCUT2D eigenvalue weighted by molar-refractivity contribution is 0.0730. The fourth-order valence-corrected chi connectivity index (χ4v) is 4.59. The summed E-state index contributed by atoms with van der Waals surface area (Å²) >= 11 is 12.5. The zero-order valence-electron chi connectivity index (χ0n) is 20.9. The van der Waals surface area contributed by atoms with E-state index in [4.69, 9.17) is 32.7 Å². The Hall–Kier alpha value is -4.66. The molecule has 0 unspecified atom stereocenters. The highest BCUT2D eigenvalue weighted by molar-refractivity contribution is 6.34. The van der Waals surface area contributed by atoms with Gasteiger partial charge in [0.1, 0.15) is 28.6 Å². The van der Waals surface area contributed by atoms with E-state index in [0.717, 1.165) is 0 Å². The zero-order chi connectivity index (χ0) is 28.2. The van der Waals surface area contributed by atoms with E-state index in [0.29, 0.717) is 37.9 Å². The number of rotatable bonds is 7. The molecule has 5 rings (SSSR count). The molecule has 7 nitrogen and oxygen atoms in total. The molecule has 5 aromatic rings. The monoisotopic (exact) mass is 575 g/mol. The van der Waals surface area contributed by atoms with Gasteiger partial charge in [-0.1, -0.05) is 65.7 Å². The number of hydrogen-bond acceptors (Lipinski definition) is 5. The third-order valence-corrected chi connectivity index (χ3v) is 6.59. The van der Waals surface area contributed by atoms with Crippen molar-refractivity contribution < 1.29 is 23.5 Å². The summed E-state index contributed by atoms with van der Waals surface area (Å²) in [7, 11) is 1.43. The number of carbonyl (C=O) groups excluding carboxylic acids is 2. The summed E-state index contributed by atoms with van der Waals surface area (Å²) in [5, 5.41) is 5.29. The molecule has 0 spiro atoms. The summed E-state index contributed by atoms with van der Waals surface area (Å²) < 4.78 is 25.4. The Morgan fingerprint density at radius 2 is 1.73 bits per heavy atom. The van der Waals surface area contributed by atoms with Gasteiger partial charge >= 0.3 is 5.97 Å². The highest BCUT2D eigenvalue weighted by Gasteiger charge is 2.22. The maximum absolute atomic E-state index is 14.6. The van der Waals surface area contributed by atoms with Crippen molar-refractivity contribution in [1.29, 1.82) is 0 Å². The number of carbonyl (C=O) groups is 2. The molecule has 1 heterocycles. The van der Waals surface area contributed by atoms with E-state index in [2.05, 4.69) is 15.5 Å². The molecule has 0 radical (unpaired) electrons. The second kappa shape index (κ2) is 11.6. The van der Waals surface area contributed by atoms with Crippen LogP contribution >= 0.6 is 23.2 Å². The van der Waals surface area contributed by atoms with Crippen molar-refractivity contribution in [2.24, 2.45) is 5.10 Å². The van der Waals surface area contributed by atoms with Crippen molar-refractivity contribution >= 4 is 52.2 Å². The van der Waals surface area contributed by atoms with Crippen LogP contribution in [-0.4, -0.2) is 30.2 Å². The quantitative estimate of drug-likeness (QED) is 0.0923. The van der Waals surface area contributed by atoms with Gasteiger partial charge in [-0.3, -0.25) is 4.79 Å². The first-order chi connectivity index (χ1) is 19.4. The first kappa shape index (κ1) is 26.9. The number of esters is 1. The van der Waals surface area contributed by atoms with Gasteiger partial charge in [0.05, 0.1) is 18.8 Å². The minimum atomic E-state index is -0.686. The normalized spacial score (nSPS) is 11.1. The number of nitrogens with one attached hydrogen (secondary N) is 2.